The number of fused-ring (bicyclic) bond motifs is 3. The molecule has 5 heteroatoms. The Morgan fingerprint density at radius 3 is 1.79 bits per heavy atom. The normalized spacial score (nSPS) is 19.6. The molecule has 1 unspecified atom stereocenters. The molecule has 0 fully saturated rings. The van der Waals surface area contributed by atoms with E-state index in [1.165, 1.54) is 11.9 Å². The Balaban J connectivity index is 1.76. The van der Waals surface area contributed by atoms with Crippen molar-refractivity contribution in [3.63, 3.8) is 0 Å². The van der Waals surface area contributed by atoms with Gasteiger partial charge in [-0.15, -0.1) is 0 Å². The maximum absolute atomic E-state index is 14.2. The quantitative estimate of drug-likeness (QED) is 0.440. The van der Waals surface area contributed by atoms with Crippen LogP contribution >= 0.6 is 0 Å². The maximum atomic E-state index is 14.2. The third-order valence-corrected chi connectivity index (χ3v) is 6.44. The standard InChI is InChI=1S/C28H19N3O2/c1-31-25(32)17-21(19-12-6-3-7-13-19)28(27(31)33)20(18-10-4-2-5-11-18)16-24-26(28)30-23-15-9-8-14-22(23)29-24/h2-17H,1H3. The van der Waals surface area contributed by atoms with E-state index in [2.05, 4.69) is 0 Å². The summed E-state index contributed by atoms with van der Waals surface area (Å²) in [5, 5.41) is 0. The Labute approximate surface area is 190 Å². The second-order valence-electron chi connectivity index (χ2n) is 8.25. The van der Waals surface area contributed by atoms with Crippen molar-refractivity contribution in [2.75, 3.05) is 7.05 Å². The number of imide groups is 1. The zero-order valence-corrected chi connectivity index (χ0v) is 17.9. The van der Waals surface area contributed by atoms with E-state index in [-0.39, 0.29) is 11.8 Å². The lowest BCUT2D eigenvalue weighted by atomic mass is 9.66. The van der Waals surface area contributed by atoms with Gasteiger partial charge in [-0.3, -0.25) is 14.5 Å². The number of hydrogen-bond donors (Lipinski definition) is 0. The van der Waals surface area contributed by atoms with Crippen LogP contribution in [0.4, 0.5) is 0 Å². The SMILES string of the molecule is CN1C(=O)C=C(c2ccccc2)C2(C1=O)C(c1ccccc1)=Cc1nc3ccccc3nc12. The minimum atomic E-state index is -1.28. The lowest BCUT2D eigenvalue weighted by Crippen LogP contribution is -2.51. The zero-order valence-electron chi connectivity index (χ0n) is 17.9. The maximum Gasteiger partial charge on any atom is 0.253 e. The van der Waals surface area contributed by atoms with Gasteiger partial charge in [-0.1, -0.05) is 72.8 Å². The van der Waals surface area contributed by atoms with Crippen LogP contribution in [-0.4, -0.2) is 33.7 Å². The second kappa shape index (κ2) is 7.07. The number of para-hydroxylation sites is 2. The Hall–Kier alpha value is -4.38. The van der Waals surface area contributed by atoms with Gasteiger partial charge in [0.1, 0.15) is 5.41 Å². The first-order valence-corrected chi connectivity index (χ1v) is 10.8. The van der Waals surface area contributed by atoms with E-state index in [0.29, 0.717) is 22.5 Å². The summed E-state index contributed by atoms with van der Waals surface area (Å²) in [6, 6.07) is 27.0. The van der Waals surface area contributed by atoms with Crippen LogP contribution < -0.4 is 0 Å². The molecule has 6 rings (SSSR count). The van der Waals surface area contributed by atoms with Gasteiger partial charge in [0.2, 0.25) is 0 Å². The minimum Gasteiger partial charge on any atom is -0.281 e. The average molecular weight is 429 g/mol. The van der Waals surface area contributed by atoms with Crippen LogP contribution in [0.25, 0.3) is 28.3 Å². The summed E-state index contributed by atoms with van der Waals surface area (Å²) in [4.78, 5) is 38.1. The van der Waals surface area contributed by atoms with Crippen LogP contribution in [0.3, 0.4) is 0 Å². The van der Waals surface area contributed by atoms with Gasteiger partial charge in [0, 0.05) is 13.1 Å². The van der Waals surface area contributed by atoms with E-state index < -0.39 is 5.41 Å². The van der Waals surface area contributed by atoms with Crippen molar-refractivity contribution in [3.05, 3.63) is 114 Å². The van der Waals surface area contributed by atoms with Crippen LogP contribution in [0.1, 0.15) is 22.5 Å². The Morgan fingerprint density at radius 1 is 0.667 bits per heavy atom. The molecule has 0 saturated heterocycles. The third-order valence-electron chi connectivity index (χ3n) is 6.44. The molecule has 0 saturated carbocycles. The van der Waals surface area contributed by atoms with E-state index in [1.54, 1.807) is 6.08 Å². The number of carbonyl (C=O) groups is 2. The smallest absolute Gasteiger partial charge is 0.253 e. The highest BCUT2D eigenvalue weighted by Crippen LogP contribution is 2.55. The number of carbonyl (C=O) groups excluding carboxylic acids is 2. The van der Waals surface area contributed by atoms with E-state index in [1.807, 2.05) is 91.0 Å². The van der Waals surface area contributed by atoms with Crippen molar-refractivity contribution in [1.82, 2.24) is 14.9 Å². The number of nitrogens with zero attached hydrogens (tertiary/aromatic N) is 3. The summed E-state index contributed by atoms with van der Waals surface area (Å²) >= 11 is 0. The van der Waals surface area contributed by atoms with Crippen LogP contribution in [-0.2, 0) is 15.0 Å². The molecule has 2 amide bonds. The number of likely N-dealkylation sites (N-methyl/N-ethyl adjacent to an activating group) is 1. The lowest BCUT2D eigenvalue weighted by Gasteiger charge is -2.39. The summed E-state index contributed by atoms with van der Waals surface area (Å²) in [5.74, 6) is -0.675. The minimum absolute atomic E-state index is 0.327. The van der Waals surface area contributed by atoms with Crippen molar-refractivity contribution < 1.29 is 9.59 Å². The van der Waals surface area contributed by atoms with Crippen molar-refractivity contribution in [2.45, 2.75) is 5.41 Å². The van der Waals surface area contributed by atoms with E-state index in [4.69, 9.17) is 9.97 Å². The topological polar surface area (TPSA) is 63.2 Å². The molecule has 33 heavy (non-hydrogen) atoms. The predicted octanol–water partition coefficient (Wildman–Crippen LogP) is 4.50. The van der Waals surface area contributed by atoms with E-state index in [0.717, 1.165) is 22.2 Å². The predicted molar refractivity (Wildman–Crippen MR) is 128 cm³/mol. The molecule has 0 bridgehead atoms. The monoisotopic (exact) mass is 429 g/mol. The van der Waals surface area contributed by atoms with Crippen LogP contribution in [0, 0.1) is 0 Å². The van der Waals surface area contributed by atoms with Gasteiger partial charge in [0.15, 0.2) is 0 Å². The number of hydrogen-bond acceptors (Lipinski definition) is 4. The molecule has 1 aliphatic heterocycles. The Morgan fingerprint density at radius 2 is 1.18 bits per heavy atom. The molecule has 0 N–H and O–H groups in total. The molecule has 1 atom stereocenters. The van der Waals surface area contributed by atoms with Crippen molar-refractivity contribution >= 4 is 40.1 Å². The average Bonchev–Trinajstić information content (AvgIpc) is 3.19. The van der Waals surface area contributed by atoms with E-state index in [9.17, 15) is 9.59 Å². The number of rotatable bonds is 2. The van der Waals surface area contributed by atoms with Crippen molar-refractivity contribution in [1.29, 1.82) is 0 Å². The van der Waals surface area contributed by atoms with Gasteiger partial charge in [-0.25, -0.2) is 9.97 Å². The highest BCUT2D eigenvalue weighted by atomic mass is 16.2. The lowest BCUT2D eigenvalue weighted by molar-refractivity contribution is -0.142. The summed E-state index contributed by atoms with van der Waals surface area (Å²) in [6.07, 6.45) is 3.52. The molecule has 3 aromatic carbocycles. The van der Waals surface area contributed by atoms with Gasteiger partial charge in [-0.05, 0) is 40.5 Å². The Kier molecular flexibility index (Phi) is 4.14. The van der Waals surface area contributed by atoms with Crippen molar-refractivity contribution in [3.8, 4) is 0 Å². The zero-order chi connectivity index (χ0) is 22.6. The first-order chi connectivity index (χ1) is 16.1. The largest absolute Gasteiger partial charge is 0.281 e. The van der Waals surface area contributed by atoms with Gasteiger partial charge in [-0.2, -0.15) is 0 Å². The second-order valence-corrected chi connectivity index (χ2v) is 8.25. The molecule has 2 heterocycles. The van der Waals surface area contributed by atoms with Crippen LogP contribution in [0.15, 0.2) is 91.0 Å². The van der Waals surface area contributed by atoms with Gasteiger partial charge >= 0.3 is 0 Å². The van der Waals surface area contributed by atoms with Gasteiger partial charge < -0.3 is 0 Å². The third kappa shape index (κ3) is 2.66. The van der Waals surface area contributed by atoms with Crippen LogP contribution in [0.5, 0.6) is 0 Å². The first kappa shape index (κ1) is 19.3. The molecule has 1 spiro atoms. The van der Waals surface area contributed by atoms with Gasteiger partial charge in [0.25, 0.3) is 11.8 Å². The highest BCUT2D eigenvalue weighted by Gasteiger charge is 2.57. The molecule has 1 aliphatic carbocycles. The van der Waals surface area contributed by atoms with Gasteiger partial charge in [0.05, 0.1) is 22.4 Å². The molecule has 2 aliphatic rings. The highest BCUT2D eigenvalue weighted by molar-refractivity contribution is 6.27. The first-order valence-electron chi connectivity index (χ1n) is 10.8. The summed E-state index contributed by atoms with van der Waals surface area (Å²) < 4.78 is 0. The fourth-order valence-corrected chi connectivity index (χ4v) is 4.88. The number of benzene rings is 3. The number of amides is 2. The molecule has 4 aromatic rings. The number of aromatic nitrogens is 2. The summed E-state index contributed by atoms with van der Waals surface area (Å²) in [6.45, 7) is 0. The van der Waals surface area contributed by atoms with Crippen molar-refractivity contribution in [2.24, 2.45) is 0 Å². The van der Waals surface area contributed by atoms with E-state index >= 15 is 0 Å². The summed E-state index contributed by atoms with van der Waals surface area (Å²) in [5.41, 5.74) is 4.47. The fourth-order valence-electron chi connectivity index (χ4n) is 4.88. The molecule has 158 valence electrons. The van der Waals surface area contributed by atoms with Crippen LogP contribution in [0.2, 0.25) is 0 Å². The summed E-state index contributed by atoms with van der Waals surface area (Å²) in [7, 11) is 1.53. The fraction of sp³-hybridized carbons (Fsp3) is 0.0714. The molecular weight excluding hydrogens is 410 g/mol. The molecule has 0 radical (unpaired) electrons. The molecular formula is C28H19N3O2. The Bertz CT molecular complexity index is 1510. The molecule has 5 nitrogen and oxygen atoms in total. The molecule has 1 aromatic heterocycles.